The normalized spacial score (nSPS) is 55.6. The van der Waals surface area contributed by atoms with Gasteiger partial charge in [-0.3, -0.25) is 4.79 Å². The molecule has 0 amide bonds. The molecule has 1 aromatic rings. The molecule has 2 saturated carbocycles. The molecule has 0 aliphatic heterocycles. The number of rotatable bonds is 2. The molecule has 0 bridgehead atoms. The Morgan fingerprint density at radius 1 is 1.28 bits per heavy atom. The summed E-state index contributed by atoms with van der Waals surface area (Å²) < 4.78 is 137. The fraction of sp³-hybridized carbons (Fsp3) is 0.552. The summed E-state index contributed by atoms with van der Waals surface area (Å²) in [6.45, 7) is -1.30. The molecule has 32 heavy (non-hydrogen) atoms. The molecular formula is C29H35NO2. The van der Waals surface area contributed by atoms with E-state index in [-0.39, 0.29) is 5.56 Å². The summed E-state index contributed by atoms with van der Waals surface area (Å²) in [4.78, 5) is 14.6. The Kier molecular flexibility index (Phi) is 2.46. The minimum absolute atomic E-state index is 0.0997. The molecule has 3 nitrogen and oxygen atoms in total. The second kappa shape index (κ2) is 7.63. The van der Waals surface area contributed by atoms with Gasteiger partial charge in [0, 0.05) is 56.7 Å². The fourth-order valence-corrected chi connectivity index (χ4v) is 4.77. The predicted octanol–water partition coefficient (Wildman–Crippen LogP) is 5.41. The lowest BCUT2D eigenvalue weighted by Gasteiger charge is -2.53. The van der Waals surface area contributed by atoms with Crippen LogP contribution in [0.25, 0.3) is 0 Å². The van der Waals surface area contributed by atoms with Crippen molar-refractivity contribution >= 4 is 11.5 Å². The maximum atomic E-state index is 12.9. The molecule has 5 atom stereocenters. The van der Waals surface area contributed by atoms with Crippen molar-refractivity contribution in [2.75, 3.05) is 19.0 Å². The van der Waals surface area contributed by atoms with Crippen molar-refractivity contribution in [3.05, 3.63) is 52.6 Å². The minimum atomic E-state index is -3.77. The van der Waals surface area contributed by atoms with Crippen molar-refractivity contribution in [2.45, 2.75) is 70.0 Å². The molecule has 0 spiro atoms. The van der Waals surface area contributed by atoms with Crippen LogP contribution in [0.15, 0.2) is 47.0 Å². The van der Waals surface area contributed by atoms with Crippen LogP contribution < -0.4 is 4.90 Å². The van der Waals surface area contributed by atoms with Crippen LogP contribution in [0.5, 0.6) is 0 Å². The van der Waals surface area contributed by atoms with Gasteiger partial charge in [-0.25, -0.2) is 0 Å². The number of fused-ring (bicyclic) bond motifs is 4. The molecule has 4 aliphatic carbocycles. The highest BCUT2D eigenvalue weighted by molar-refractivity contribution is 5.93. The van der Waals surface area contributed by atoms with E-state index < -0.39 is 109 Å². The zero-order chi connectivity index (χ0) is 35.9. The maximum absolute atomic E-state index is 12.9. The van der Waals surface area contributed by atoms with E-state index in [2.05, 4.69) is 11.8 Å². The first-order valence-electron chi connectivity index (χ1n) is 18.1. The summed E-state index contributed by atoms with van der Waals surface area (Å²) >= 11 is 0. The number of anilines is 1. The molecule has 0 aromatic heterocycles. The van der Waals surface area contributed by atoms with E-state index >= 15 is 0 Å². The number of benzene rings is 1. The zero-order valence-corrected chi connectivity index (χ0v) is 18.2. The minimum Gasteiger partial charge on any atom is -0.378 e. The summed E-state index contributed by atoms with van der Waals surface area (Å²) in [6, 6.07) is 4.76. The molecular weight excluding hydrogens is 394 g/mol. The van der Waals surface area contributed by atoms with Crippen molar-refractivity contribution in [3.8, 4) is 11.8 Å². The van der Waals surface area contributed by atoms with E-state index in [1.165, 1.54) is 31.2 Å². The van der Waals surface area contributed by atoms with Crippen molar-refractivity contribution in [1.82, 2.24) is 0 Å². The first kappa shape index (κ1) is 10.3. The second-order valence-corrected chi connectivity index (χ2v) is 8.62. The second-order valence-electron chi connectivity index (χ2n) is 8.62. The van der Waals surface area contributed by atoms with E-state index in [1.807, 2.05) is 0 Å². The van der Waals surface area contributed by atoms with Gasteiger partial charge in [-0.2, -0.15) is 0 Å². The number of carbonyl (C=O) groups is 1. The molecule has 0 unspecified atom stereocenters. The molecule has 3 heteroatoms. The Labute approximate surface area is 213 Å². The maximum Gasteiger partial charge on any atom is 0.156 e. The predicted molar refractivity (Wildman–Crippen MR) is 129 cm³/mol. The standard InChI is InChI=1S/C29H35NO2/c1-5-15-29(32)16-14-26-24-12-8-20-17-22(31)11-13-23(20)27(24)25(18-28(26,29)2)19-6-9-21(10-7-19)30(3)4/h6-7,9-10,17,24-26,32H,8,11-14,16,18H2,1-4H3/t24-,25+,26-,28-,29-/m0/s1/i2D2,8D2,12D2,13D2,14D2,16D2,17D,24D,25D. The molecule has 5 rings (SSSR count). The number of carbonyl (C=O) groups excluding carboxylic acids is 1. The molecule has 168 valence electrons. The Hall–Kier alpha value is -2.31. The number of hydrogen-bond acceptors (Lipinski definition) is 3. The van der Waals surface area contributed by atoms with Gasteiger partial charge in [0.1, 0.15) is 5.60 Å². The molecule has 2 fully saturated rings. The average molecular weight is 445 g/mol. The first-order chi connectivity index (χ1) is 21.1. The van der Waals surface area contributed by atoms with Crippen LogP contribution in [0.1, 0.15) is 90.5 Å². The topological polar surface area (TPSA) is 40.5 Å². The van der Waals surface area contributed by atoms with Crippen LogP contribution in [0.3, 0.4) is 0 Å². The number of ketones is 1. The zero-order valence-electron chi connectivity index (χ0n) is 33.2. The van der Waals surface area contributed by atoms with Gasteiger partial charge in [0.05, 0.1) is 1.37 Å². The smallest absolute Gasteiger partial charge is 0.156 e. The summed E-state index contributed by atoms with van der Waals surface area (Å²) in [6.07, 6.45) is -19.4. The van der Waals surface area contributed by atoms with Gasteiger partial charge in [0.25, 0.3) is 0 Å². The molecule has 0 saturated heterocycles. The quantitative estimate of drug-likeness (QED) is 0.620. The Balaban J connectivity index is 2.13. The molecule has 0 radical (unpaired) electrons. The Morgan fingerprint density at radius 2 is 2.06 bits per heavy atom. The highest BCUT2D eigenvalue weighted by atomic mass is 16.3. The van der Waals surface area contributed by atoms with E-state index in [0.717, 1.165) is 0 Å². The van der Waals surface area contributed by atoms with E-state index in [0.29, 0.717) is 5.69 Å². The van der Waals surface area contributed by atoms with E-state index in [1.54, 1.807) is 19.0 Å². The van der Waals surface area contributed by atoms with Crippen LogP contribution in [-0.2, 0) is 4.79 Å². The van der Waals surface area contributed by atoms with Gasteiger partial charge in [-0.05, 0) is 91.9 Å². The van der Waals surface area contributed by atoms with Crippen LogP contribution >= 0.6 is 0 Å². The van der Waals surface area contributed by atoms with Crippen molar-refractivity contribution in [3.63, 3.8) is 0 Å². The van der Waals surface area contributed by atoms with Gasteiger partial charge >= 0.3 is 0 Å². The lowest BCUT2D eigenvalue weighted by molar-refractivity contribution is -0.114. The first-order valence-corrected chi connectivity index (χ1v) is 10.4. The van der Waals surface area contributed by atoms with Gasteiger partial charge in [0.2, 0.25) is 0 Å². The largest absolute Gasteiger partial charge is 0.378 e. The van der Waals surface area contributed by atoms with Crippen LogP contribution in [-0.4, -0.2) is 30.6 Å². The van der Waals surface area contributed by atoms with Crippen molar-refractivity contribution < 1.29 is 30.5 Å². The van der Waals surface area contributed by atoms with Crippen LogP contribution in [0, 0.1) is 29.1 Å². The number of nitrogens with zero attached hydrogens (tertiary/aromatic N) is 1. The van der Waals surface area contributed by atoms with Crippen molar-refractivity contribution in [1.29, 1.82) is 0 Å². The molecule has 1 aromatic carbocycles. The average Bonchev–Trinajstić information content (AvgIpc) is 3.03. The summed E-state index contributed by atoms with van der Waals surface area (Å²) in [5, 5.41) is 12.3. The lowest BCUT2D eigenvalue weighted by Crippen LogP contribution is -2.51. The van der Waals surface area contributed by atoms with Crippen LogP contribution in [0.4, 0.5) is 5.69 Å². The summed E-state index contributed by atoms with van der Waals surface area (Å²) in [5.74, 6) is -5.41. The third-order valence-electron chi connectivity index (χ3n) is 6.47. The summed E-state index contributed by atoms with van der Waals surface area (Å²) in [7, 11) is 3.45. The number of hydrogen-bond donors (Lipinski definition) is 1. The number of allylic oxidation sites excluding steroid dienone is 4. The Morgan fingerprint density at radius 3 is 2.75 bits per heavy atom. The van der Waals surface area contributed by atoms with Gasteiger partial charge < -0.3 is 10.0 Å². The SMILES string of the molecule is [2H]C1=C2C(=C3[C@@]([2H])(c4ccc(N(C)C)cc4)C[C@@]4(C([2H])[2H])[C@@H](C([2H])([2H])C([2H])([2H])[C@@]4(O)C#CC)[C@]3([2H])C([2H])([2H])C2([2H])[2H])C([2H])([2H])CC1=O. The monoisotopic (exact) mass is 444 g/mol. The van der Waals surface area contributed by atoms with E-state index in [4.69, 9.17) is 15.1 Å². The van der Waals surface area contributed by atoms with Gasteiger partial charge in [-0.1, -0.05) is 30.5 Å². The summed E-state index contributed by atoms with van der Waals surface area (Å²) in [5.41, 5.74) is -8.43. The Bertz CT molecular complexity index is 1690. The molecule has 1 N–H and O–H groups in total. The van der Waals surface area contributed by atoms with E-state index in [9.17, 15) is 15.4 Å². The molecule has 0 heterocycles. The fourth-order valence-electron chi connectivity index (χ4n) is 4.77. The highest BCUT2D eigenvalue weighted by Crippen LogP contribution is 2.66. The third kappa shape index (κ3) is 3.11. The highest BCUT2D eigenvalue weighted by Gasteiger charge is 2.62. The third-order valence-corrected chi connectivity index (χ3v) is 6.47. The van der Waals surface area contributed by atoms with Gasteiger partial charge in [-0.15, -0.1) is 5.92 Å². The van der Waals surface area contributed by atoms with Crippen molar-refractivity contribution in [2.24, 2.45) is 17.2 Å². The molecule has 4 aliphatic rings. The lowest BCUT2D eigenvalue weighted by atomic mass is 9.51. The van der Waals surface area contributed by atoms with Crippen LogP contribution in [0.2, 0.25) is 0 Å². The van der Waals surface area contributed by atoms with Gasteiger partial charge in [0.15, 0.2) is 5.78 Å². The number of aliphatic hydroxyl groups is 1.